The predicted molar refractivity (Wildman–Crippen MR) is 98.8 cm³/mol. The van der Waals surface area contributed by atoms with Gasteiger partial charge >= 0.3 is 18.0 Å². The van der Waals surface area contributed by atoms with Crippen LogP contribution in [-0.4, -0.2) is 41.9 Å². The van der Waals surface area contributed by atoms with E-state index in [1.165, 1.54) is 6.08 Å². The molecule has 0 rings (SSSR count). The summed E-state index contributed by atoms with van der Waals surface area (Å²) < 4.78 is 15.2. The lowest BCUT2D eigenvalue weighted by molar-refractivity contribution is -0.155. The van der Waals surface area contributed by atoms with Crippen LogP contribution < -0.4 is 5.32 Å². The highest BCUT2D eigenvalue weighted by Crippen LogP contribution is 2.14. The number of hydrogen-bond donors (Lipinski definition) is 1. The highest BCUT2D eigenvalue weighted by atomic mass is 35.5. The summed E-state index contributed by atoms with van der Waals surface area (Å²) in [5, 5.41) is 2.40. The maximum Gasteiger partial charge on any atom is 0.408 e. The lowest BCUT2D eigenvalue weighted by atomic mass is 10.1. The van der Waals surface area contributed by atoms with Gasteiger partial charge in [-0.05, 0) is 61.0 Å². The molecule has 0 bridgehead atoms. The van der Waals surface area contributed by atoms with Gasteiger partial charge in [0.05, 0.1) is 12.6 Å². The molecule has 0 aliphatic rings. The minimum Gasteiger partial charge on any atom is -0.462 e. The lowest BCUT2D eigenvalue weighted by Gasteiger charge is -2.23. The molecule has 26 heavy (non-hydrogen) atoms. The van der Waals surface area contributed by atoms with Crippen molar-refractivity contribution in [3.63, 3.8) is 0 Å². The molecule has 7 nitrogen and oxygen atoms in total. The van der Waals surface area contributed by atoms with Crippen molar-refractivity contribution in [3.05, 3.63) is 11.1 Å². The largest absolute Gasteiger partial charge is 0.462 e. The first-order chi connectivity index (χ1) is 11.7. The van der Waals surface area contributed by atoms with Gasteiger partial charge in [0.1, 0.15) is 16.2 Å². The predicted octanol–water partition coefficient (Wildman–Crippen LogP) is 3.69. The fourth-order valence-corrected chi connectivity index (χ4v) is 1.97. The summed E-state index contributed by atoms with van der Waals surface area (Å²) in [5.74, 6) is -1.13. The Bertz CT molecular complexity index is 531. The summed E-state index contributed by atoms with van der Waals surface area (Å²) in [6.07, 6.45) is 0.857. The SMILES string of the molecule is CCOC(=O)/C(Cl)=C\[C@H](CCC(=O)OC(C)(C)C)NC(=O)OC(C)(C)C. The second-order valence-corrected chi connectivity index (χ2v) is 8.02. The molecule has 0 saturated heterocycles. The second kappa shape index (κ2) is 10.4. The molecule has 8 heteroatoms. The van der Waals surface area contributed by atoms with Crippen molar-refractivity contribution in [2.75, 3.05) is 6.61 Å². The van der Waals surface area contributed by atoms with Crippen LogP contribution in [0.1, 0.15) is 61.3 Å². The Kier molecular flexibility index (Phi) is 9.70. The van der Waals surface area contributed by atoms with Gasteiger partial charge in [0.2, 0.25) is 0 Å². The van der Waals surface area contributed by atoms with E-state index in [1.807, 2.05) is 0 Å². The fourth-order valence-electron chi connectivity index (χ4n) is 1.77. The minimum absolute atomic E-state index is 0.0290. The summed E-state index contributed by atoms with van der Waals surface area (Å²) in [6.45, 7) is 12.3. The van der Waals surface area contributed by atoms with Gasteiger partial charge in [-0.25, -0.2) is 9.59 Å². The average Bonchev–Trinajstić information content (AvgIpc) is 2.40. The van der Waals surface area contributed by atoms with Crippen LogP contribution in [-0.2, 0) is 23.8 Å². The number of hydrogen-bond acceptors (Lipinski definition) is 6. The lowest BCUT2D eigenvalue weighted by Crippen LogP contribution is -2.39. The third kappa shape index (κ3) is 12.6. The first kappa shape index (κ1) is 24.2. The number of carbonyl (C=O) groups excluding carboxylic acids is 3. The molecule has 150 valence electrons. The maximum atomic E-state index is 12.0. The van der Waals surface area contributed by atoms with Crippen LogP contribution in [0, 0.1) is 0 Å². The van der Waals surface area contributed by atoms with Crippen molar-refractivity contribution in [1.29, 1.82) is 0 Å². The molecule has 0 radical (unpaired) electrons. The molecule has 0 fully saturated rings. The van der Waals surface area contributed by atoms with E-state index in [4.69, 9.17) is 25.8 Å². The topological polar surface area (TPSA) is 90.9 Å². The number of esters is 2. The molecule has 0 aromatic rings. The van der Waals surface area contributed by atoms with E-state index in [0.29, 0.717) is 0 Å². The molecular formula is C18H30ClNO6. The van der Waals surface area contributed by atoms with Gasteiger partial charge in [-0.1, -0.05) is 11.6 Å². The Morgan fingerprint density at radius 2 is 1.58 bits per heavy atom. The van der Waals surface area contributed by atoms with Gasteiger partial charge in [-0.15, -0.1) is 0 Å². The number of nitrogens with one attached hydrogen (secondary N) is 1. The highest BCUT2D eigenvalue weighted by Gasteiger charge is 2.22. The van der Waals surface area contributed by atoms with Gasteiger partial charge in [0.25, 0.3) is 0 Å². The summed E-state index contributed by atoms with van der Waals surface area (Å²) in [7, 11) is 0. The number of alkyl carbamates (subject to hydrolysis) is 1. The third-order valence-corrected chi connectivity index (χ3v) is 2.88. The number of carbonyl (C=O) groups is 3. The number of halogens is 1. The van der Waals surface area contributed by atoms with Gasteiger partial charge in [0, 0.05) is 6.42 Å². The molecule has 0 aromatic heterocycles. The van der Waals surface area contributed by atoms with E-state index in [-0.39, 0.29) is 24.5 Å². The summed E-state index contributed by atoms with van der Waals surface area (Å²) in [6, 6.07) is -0.700. The van der Waals surface area contributed by atoms with Crippen molar-refractivity contribution in [2.24, 2.45) is 0 Å². The zero-order valence-corrected chi connectivity index (χ0v) is 17.4. The van der Waals surface area contributed by atoms with Crippen LogP contribution in [0.2, 0.25) is 0 Å². The summed E-state index contributed by atoms with van der Waals surface area (Å²) in [5.41, 5.74) is -1.29. The van der Waals surface area contributed by atoms with Crippen molar-refractivity contribution in [1.82, 2.24) is 5.32 Å². The molecule has 0 heterocycles. The molecule has 1 N–H and O–H groups in total. The second-order valence-electron chi connectivity index (χ2n) is 7.61. The third-order valence-electron chi connectivity index (χ3n) is 2.60. The van der Waals surface area contributed by atoms with Crippen LogP contribution in [0.25, 0.3) is 0 Å². The van der Waals surface area contributed by atoms with Gasteiger partial charge in [-0.2, -0.15) is 0 Å². The smallest absolute Gasteiger partial charge is 0.408 e. The average molecular weight is 392 g/mol. The molecular weight excluding hydrogens is 362 g/mol. The number of amides is 1. The van der Waals surface area contributed by atoms with E-state index >= 15 is 0 Å². The van der Waals surface area contributed by atoms with Crippen LogP contribution in [0.15, 0.2) is 11.1 Å². The fraction of sp³-hybridized carbons (Fsp3) is 0.722. The van der Waals surface area contributed by atoms with E-state index in [9.17, 15) is 14.4 Å². The molecule has 0 aliphatic heterocycles. The zero-order valence-electron chi connectivity index (χ0n) is 16.6. The molecule has 0 spiro atoms. The Morgan fingerprint density at radius 1 is 1.04 bits per heavy atom. The van der Waals surface area contributed by atoms with E-state index in [0.717, 1.165) is 0 Å². The Labute approximate surface area is 160 Å². The quantitative estimate of drug-likeness (QED) is 0.404. The van der Waals surface area contributed by atoms with Crippen LogP contribution in [0.3, 0.4) is 0 Å². The van der Waals surface area contributed by atoms with Crippen LogP contribution in [0.4, 0.5) is 4.79 Å². The monoisotopic (exact) mass is 391 g/mol. The Hall–Kier alpha value is -1.76. The van der Waals surface area contributed by atoms with Crippen molar-refractivity contribution < 1.29 is 28.6 Å². The highest BCUT2D eigenvalue weighted by molar-refractivity contribution is 6.41. The van der Waals surface area contributed by atoms with Crippen LogP contribution in [0.5, 0.6) is 0 Å². The minimum atomic E-state index is -0.706. The van der Waals surface area contributed by atoms with E-state index in [1.54, 1.807) is 48.5 Å². The van der Waals surface area contributed by atoms with Crippen molar-refractivity contribution in [3.8, 4) is 0 Å². The molecule has 1 amide bonds. The first-order valence-corrected chi connectivity index (χ1v) is 8.87. The summed E-state index contributed by atoms with van der Waals surface area (Å²) >= 11 is 5.92. The van der Waals surface area contributed by atoms with Gasteiger partial charge in [-0.3, -0.25) is 4.79 Å². The van der Waals surface area contributed by atoms with Gasteiger partial charge in [0.15, 0.2) is 0 Å². The standard InChI is InChI=1S/C18H30ClNO6/c1-8-24-15(22)13(19)11-12(20-16(23)26-18(5,6)7)9-10-14(21)25-17(2,3)4/h11-12H,8-10H2,1-7H3,(H,20,23)/b13-11+/t12-/m0/s1. The van der Waals surface area contributed by atoms with Crippen molar-refractivity contribution in [2.45, 2.75) is 78.6 Å². The molecule has 0 unspecified atom stereocenters. The van der Waals surface area contributed by atoms with Crippen molar-refractivity contribution >= 4 is 29.6 Å². The van der Waals surface area contributed by atoms with Crippen LogP contribution >= 0.6 is 11.6 Å². The molecule has 0 aliphatic carbocycles. The first-order valence-electron chi connectivity index (χ1n) is 8.49. The zero-order chi connectivity index (χ0) is 20.5. The molecule has 0 saturated carbocycles. The Balaban J connectivity index is 5.04. The maximum absolute atomic E-state index is 12.0. The molecule has 0 aromatic carbocycles. The normalized spacial score (nSPS) is 13.6. The molecule has 1 atom stereocenters. The number of ether oxygens (including phenoxy) is 3. The van der Waals surface area contributed by atoms with E-state index in [2.05, 4.69) is 5.32 Å². The van der Waals surface area contributed by atoms with Gasteiger partial charge < -0.3 is 19.5 Å². The Morgan fingerprint density at radius 3 is 2.04 bits per heavy atom. The summed E-state index contributed by atoms with van der Waals surface area (Å²) in [4.78, 5) is 35.5. The van der Waals surface area contributed by atoms with E-state index < -0.39 is 35.3 Å². The number of rotatable bonds is 7.